The molecule has 2 aromatic carbocycles. The number of nitrogens with zero attached hydrogens (tertiary/aromatic N) is 3. The minimum absolute atomic E-state index is 0.0941. The van der Waals surface area contributed by atoms with Gasteiger partial charge in [-0.2, -0.15) is 0 Å². The van der Waals surface area contributed by atoms with Crippen LogP contribution in [0.25, 0.3) is 11.3 Å². The second-order valence-electron chi connectivity index (χ2n) is 7.09. The summed E-state index contributed by atoms with van der Waals surface area (Å²) in [5, 5.41) is 17.0. The molecule has 0 atom stereocenters. The van der Waals surface area contributed by atoms with Gasteiger partial charge in [-0.25, -0.2) is 4.98 Å². The number of anilines is 2. The topological polar surface area (TPSA) is 88.4 Å². The van der Waals surface area contributed by atoms with Crippen molar-refractivity contribution < 1.29 is 9.72 Å². The minimum atomic E-state index is -0.477. The van der Waals surface area contributed by atoms with E-state index in [2.05, 4.69) is 16.4 Å². The Bertz CT molecular complexity index is 1110. The fraction of sp³-hybridized carbons (Fsp3) is 0.238. The lowest BCUT2D eigenvalue weighted by Gasteiger charge is -2.19. The number of nitro groups is 1. The standard InChI is InChI=1S/C21H20N4O3S/c1-13-3-5-17(20(9-13)25(27)28)23-21(26)11-24-8-7-16-10-15(4-6-19(16)24)18-12-29-14(2)22-18/h3-6,9-10,12H,7-8,11H2,1-2H3,(H,23,26). The number of amides is 1. The zero-order valence-corrected chi connectivity index (χ0v) is 17.0. The monoisotopic (exact) mass is 408 g/mol. The van der Waals surface area contributed by atoms with E-state index in [4.69, 9.17) is 0 Å². The van der Waals surface area contributed by atoms with Crippen LogP contribution in [0.5, 0.6) is 0 Å². The predicted octanol–water partition coefficient (Wildman–Crippen LogP) is 4.34. The van der Waals surface area contributed by atoms with Crippen molar-refractivity contribution in [3.63, 3.8) is 0 Å². The molecule has 1 aromatic heterocycles. The van der Waals surface area contributed by atoms with Crippen LogP contribution >= 0.6 is 11.3 Å². The first-order valence-electron chi connectivity index (χ1n) is 9.26. The number of hydrogen-bond acceptors (Lipinski definition) is 6. The van der Waals surface area contributed by atoms with Crippen LogP contribution in [-0.2, 0) is 11.2 Å². The third-order valence-corrected chi connectivity index (χ3v) is 5.72. The molecule has 0 fully saturated rings. The second-order valence-corrected chi connectivity index (χ2v) is 8.15. The summed E-state index contributed by atoms with van der Waals surface area (Å²) >= 11 is 1.62. The number of benzene rings is 2. The van der Waals surface area contributed by atoms with E-state index in [1.807, 2.05) is 29.3 Å². The van der Waals surface area contributed by atoms with E-state index in [0.29, 0.717) is 0 Å². The molecule has 1 N–H and O–H groups in total. The first-order chi connectivity index (χ1) is 13.9. The van der Waals surface area contributed by atoms with E-state index in [0.717, 1.165) is 40.5 Å². The second kappa shape index (κ2) is 7.63. The quantitative estimate of drug-likeness (QED) is 0.501. The fourth-order valence-electron chi connectivity index (χ4n) is 3.55. The lowest BCUT2D eigenvalue weighted by molar-refractivity contribution is -0.384. The SMILES string of the molecule is Cc1ccc(NC(=O)CN2CCc3cc(-c4csc(C)n4)ccc32)c([N+](=O)[O-])c1. The van der Waals surface area contributed by atoms with Crippen molar-refractivity contribution in [2.75, 3.05) is 23.3 Å². The van der Waals surface area contributed by atoms with Crippen LogP contribution in [0.4, 0.5) is 17.1 Å². The number of rotatable bonds is 5. The predicted molar refractivity (Wildman–Crippen MR) is 115 cm³/mol. The van der Waals surface area contributed by atoms with Crippen molar-refractivity contribution in [3.05, 3.63) is 68.0 Å². The van der Waals surface area contributed by atoms with Gasteiger partial charge in [0.05, 0.1) is 22.2 Å². The van der Waals surface area contributed by atoms with Gasteiger partial charge in [-0.15, -0.1) is 11.3 Å². The first-order valence-corrected chi connectivity index (χ1v) is 10.1. The highest BCUT2D eigenvalue weighted by atomic mass is 32.1. The lowest BCUT2D eigenvalue weighted by atomic mass is 10.1. The van der Waals surface area contributed by atoms with Gasteiger partial charge in [0, 0.05) is 29.2 Å². The minimum Gasteiger partial charge on any atom is -0.362 e. The molecular weight excluding hydrogens is 388 g/mol. The first kappa shape index (κ1) is 19.1. The molecule has 1 aliphatic rings. The van der Waals surface area contributed by atoms with Crippen LogP contribution in [-0.4, -0.2) is 28.9 Å². The summed E-state index contributed by atoms with van der Waals surface area (Å²) in [7, 11) is 0. The summed E-state index contributed by atoms with van der Waals surface area (Å²) in [5.41, 5.74) is 5.15. The molecule has 1 aliphatic heterocycles. The number of fused-ring (bicyclic) bond motifs is 1. The van der Waals surface area contributed by atoms with Crippen molar-refractivity contribution >= 4 is 34.3 Å². The number of aryl methyl sites for hydroxylation is 2. The molecule has 0 aliphatic carbocycles. The summed E-state index contributed by atoms with van der Waals surface area (Å²) in [4.78, 5) is 29.9. The molecule has 1 amide bonds. The van der Waals surface area contributed by atoms with Crippen molar-refractivity contribution in [2.24, 2.45) is 0 Å². The highest BCUT2D eigenvalue weighted by Gasteiger charge is 2.23. The largest absolute Gasteiger partial charge is 0.362 e. The molecule has 3 aromatic rings. The number of hydrogen-bond donors (Lipinski definition) is 1. The van der Waals surface area contributed by atoms with Gasteiger partial charge in [0.1, 0.15) is 5.69 Å². The highest BCUT2D eigenvalue weighted by Crippen LogP contribution is 2.33. The van der Waals surface area contributed by atoms with Crippen LogP contribution < -0.4 is 10.2 Å². The van der Waals surface area contributed by atoms with Crippen LogP contribution in [0.1, 0.15) is 16.1 Å². The summed E-state index contributed by atoms with van der Waals surface area (Å²) in [5.74, 6) is -0.274. The van der Waals surface area contributed by atoms with Gasteiger partial charge < -0.3 is 10.2 Å². The Kier molecular flexibility index (Phi) is 5.02. The van der Waals surface area contributed by atoms with E-state index in [-0.39, 0.29) is 23.8 Å². The van der Waals surface area contributed by atoms with Crippen LogP contribution in [0.3, 0.4) is 0 Å². The van der Waals surface area contributed by atoms with Gasteiger partial charge in [-0.1, -0.05) is 12.1 Å². The zero-order valence-electron chi connectivity index (χ0n) is 16.1. The number of carbonyl (C=O) groups is 1. The molecule has 0 saturated carbocycles. The van der Waals surface area contributed by atoms with E-state index in [1.165, 1.54) is 11.6 Å². The molecule has 2 heterocycles. The average Bonchev–Trinajstić information content (AvgIpc) is 3.29. The number of nitrogens with one attached hydrogen (secondary N) is 1. The zero-order chi connectivity index (χ0) is 20.5. The number of thiazole rings is 1. The molecule has 0 radical (unpaired) electrons. The third-order valence-electron chi connectivity index (χ3n) is 4.94. The normalized spacial score (nSPS) is 12.7. The Morgan fingerprint density at radius 2 is 2.10 bits per heavy atom. The van der Waals surface area contributed by atoms with Gasteiger partial charge in [0.25, 0.3) is 5.69 Å². The third kappa shape index (κ3) is 3.97. The van der Waals surface area contributed by atoms with E-state index in [9.17, 15) is 14.9 Å². The Balaban J connectivity index is 1.48. The van der Waals surface area contributed by atoms with Crippen molar-refractivity contribution in [3.8, 4) is 11.3 Å². The maximum absolute atomic E-state index is 12.5. The van der Waals surface area contributed by atoms with Gasteiger partial charge >= 0.3 is 0 Å². The molecule has 4 rings (SSSR count). The van der Waals surface area contributed by atoms with E-state index in [1.54, 1.807) is 30.4 Å². The molecule has 0 unspecified atom stereocenters. The van der Waals surface area contributed by atoms with Gasteiger partial charge in [0.15, 0.2) is 0 Å². The maximum atomic E-state index is 12.5. The molecule has 7 nitrogen and oxygen atoms in total. The van der Waals surface area contributed by atoms with E-state index < -0.39 is 4.92 Å². The number of aromatic nitrogens is 1. The smallest absolute Gasteiger partial charge is 0.293 e. The lowest BCUT2D eigenvalue weighted by Crippen LogP contribution is -2.32. The number of nitro benzene ring substituents is 1. The number of carbonyl (C=O) groups excluding carboxylic acids is 1. The maximum Gasteiger partial charge on any atom is 0.293 e. The molecule has 0 saturated heterocycles. The molecule has 29 heavy (non-hydrogen) atoms. The van der Waals surface area contributed by atoms with E-state index >= 15 is 0 Å². The summed E-state index contributed by atoms with van der Waals surface area (Å²) in [6.07, 6.45) is 0.851. The van der Waals surface area contributed by atoms with Crippen molar-refractivity contribution in [2.45, 2.75) is 20.3 Å². The van der Waals surface area contributed by atoms with Crippen LogP contribution in [0.15, 0.2) is 41.8 Å². The Hall–Kier alpha value is -3.26. The van der Waals surface area contributed by atoms with Crippen LogP contribution in [0, 0.1) is 24.0 Å². The molecule has 0 bridgehead atoms. The van der Waals surface area contributed by atoms with Crippen molar-refractivity contribution in [1.29, 1.82) is 0 Å². The van der Waals surface area contributed by atoms with Gasteiger partial charge in [0.2, 0.25) is 5.91 Å². The average molecular weight is 408 g/mol. The van der Waals surface area contributed by atoms with Crippen molar-refractivity contribution in [1.82, 2.24) is 4.98 Å². The molecular formula is C21H20N4O3S. The summed E-state index contributed by atoms with van der Waals surface area (Å²) in [6, 6.07) is 11.0. The highest BCUT2D eigenvalue weighted by molar-refractivity contribution is 7.09. The van der Waals surface area contributed by atoms with Crippen LogP contribution in [0.2, 0.25) is 0 Å². The van der Waals surface area contributed by atoms with Gasteiger partial charge in [-0.05, 0) is 49.6 Å². The fourth-order valence-corrected chi connectivity index (χ4v) is 4.17. The molecule has 0 spiro atoms. The Morgan fingerprint density at radius 1 is 1.28 bits per heavy atom. The summed E-state index contributed by atoms with van der Waals surface area (Å²) in [6.45, 7) is 4.65. The Morgan fingerprint density at radius 3 is 2.83 bits per heavy atom. The molecule has 8 heteroatoms. The summed E-state index contributed by atoms with van der Waals surface area (Å²) < 4.78 is 0. The van der Waals surface area contributed by atoms with Gasteiger partial charge in [-0.3, -0.25) is 14.9 Å². The molecule has 148 valence electrons. The Labute approximate surface area is 172 Å².